The highest BCUT2D eigenvalue weighted by molar-refractivity contribution is 7.71. The quantitative estimate of drug-likeness (QED) is 0.265. The SMILES string of the molecule is O=C(COc1ccc(OCc2ccccc2)cc1)NNC(=O)c1c[nH]c(=S)n1-c1ccccc1. The van der Waals surface area contributed by atoms with E-state index in [-0.39, 0.29) is 12.3 Å². The summed E-state index contributed by atoms with van der Waals surface area (Å²) in [7, 11) is 0. The molecule has 172 valence electrons. The Morgan fingerprint density at radius 1 is 0.824 bits per heavy atom. The Balaban J connectivity index is 1.25. The van der Waals surface area contributed by atoms with E-state index in [1.54, 1.807) is 28.8 Å². The maximum Gasteiger partial charge on any atom is 0.288 e. The Labute approximate surface area is 201 Å². The fourth-order valence-electron chi connectivity index (χ4n) is 3.12. The minimum Gasteiger partial charge on any atom is -0.489 e. The van der Waals surface area contributed by atoms with Crippen LogP contribution in [0.25, 0.3) is 5.69 Å². The number of H-pyrrole nitrogens is 1. The summed E-state index contributed by atoms with van der Waals surface area (Å²) in [5.74, 6) is 0.145. The number of aromatic amines is 1. The highest BCUT2D eigenvalue weighted by Gasteiger charge is 2.15. The third-order valence-electron chi connectivity index (χ3n) is 4.78. The fourth-order valence-corrected chi connectivity index (χ4v) is 3.38. The van der Waals surface area contributed by atoms with Crippen LogP contribution in [0.5, 0.6) is 11.5 Å². The van der Waals surface area contributed by atoms with Crippen LogP contribution >= 0.6 is 12.2 Å². The van der Waals surface area contributed by atoms with Crippen molar-refractivity contribution in [2.24, 2.45) is 0 Å². The Kier molecular flexibility index (Phi) is 7.36. The number of carbonyl (C=O) groups is 2. The zero-order valence-electron chi connectivity index (χ0n) is 18.1. The van der Waals surface area contributed by atoms with Crippen molar-refractivity contribution in [3.8, 4) is 17.2 Å². The van der Waals surface area contributed by atoms with Crippen molar-refractivity contribution in [1.82, 2.24) is 20.4 Å². The van der Waals surface area contributed by atoms with Crippen LogP contribution in [0.3, 0.4) is 0 Å². The normalized spacial score (nSPS) is 10.4. The van der Waals surface area contributed by atoms with Crippen LogP contribution in [0.1, 0.15) is 16.1 Å². The number of imidazole rings is 1. The number of ether oxygens (including phenoxy) is 2. The van der Waals surface area contributed by atoms with Crippen LogP contribution in [-0.2, 0) is 11.4 Å². The van der Waals surface area contributed by atoms with Gasteiger partial charge in [-0.05, 0) is 54.2 Å². The lowest BCUT2D eigenvalue weighted by Crippen LogP contribution is -2.44. The second-order valence-electron chi connectivity index (χ2n) is 7.19. The molecule has 0 spiro atoms. The first kappa shape index (κ1) is 22.8. The van der Waals surface area contributed by atoms with E-state index < -0.39 is 11.8 Å². The molecule has 4 aromatic rings. The maximum atomic E-state index is 12.6. The molecule has 0 radical (unpaired) electrons. The number of amides is 2. The number of nitrogens with one attached hydrogen (secondary N) is 3. The first-order valence-corrected chi connectivity index (χ1v) is 10.9. The third kappa shape index (κ3) is 5.90. The zero-order valence-corrected chi connectivity index (χ0v) is 18.9. The predicted octanol–water partition coefficient (Wildman–Crippen LogP) is 3.95. The van der Waals surface area contributed by atoms with E-state index in [2.05, 4.69) is 15.8 Å². The van der Waals surface area contributed by atoms with Crippen molar-refractivity contribution in [2.75, 3.05) is 6.61 Å². The molecule has 2 amide bonds. The molecule has 0 atom stereocenters. The monoisotopic (exact) mass is 474 g/mol. The number of nitrogens with zero attached hydrogens (tertiary/aromatic N) is 1. The molecule has 4 rings (SSSR count). The first-order valence-electron chi connectivity index (χ1n) is 10.4. The lowest BCUT2D eigenvalue weighted by molar-refractivity contribution is -0.123. The Morgan fingerprint density at radius 2 is 1.44 bits per heavy atom. The van der Waals surface area contributed by atoms with Crippen molar-refractivity contribution in [3.63, 3.8) is 0 Å². The molecule has 0 bridgehead atoms. The van der Waals surface area contributed by atoms with E-state index in [1.807, 2.05) is 60.7 Å². The number of para-hydroxylation sites is 1. The van der Waals surface area contributed by atoms with Gasteiger partial charge >= 0.3 is 0 Å². The van der Waals surface area contributed by atoms with Crippen LogP contribution in [0.4, 0.5) is 0 Å². The van der Waals surface area contributed by atoms with Crippen molar-refractivity contribution >= 4 is 24.0 Å². The summed E-state index contributed by atoms with van der Waals surface area (Å²) >= 11 is 5.27. The van der Waals surface area contributed by atoms with Gasteiger partial charge in [0.1, 0.15) is 23.8 Å². The van der Waals surface area contributed by atoms with Gasteiger partial charge in [0, 0.05) is 11.9 Å². The largest absolute Gasteiger partial charge is 0.489 e. The van der Waals surface area contributed by atoms with E-state index in [0.717, 1.165) is 11.3 Å². The first-order chi connectivity index (χ1) is 16.6. The van der Waals surface area contributed by atoms with Crippen LogP contribution in [-0.4, -0.2) is 28.0 Å². The van der Waals surface area contributed by atoms with Crippen LogP contribution < -0.4 is 20.3 Å². The van der Waals surface area contributed by atoms with Gasteiger partial charge in [-0.1, -0.05) is 48.5 Å². The van der Waals surface area contributed by atoms with E-state index in [4.69, 9.17) is 21.7 Å². The minimum atomic E-state index is -0.524. The Morgan fingerprint density at radius 3 is 2.12 bits per heavy atom. The van der Waals surface area contributed by atoms with E-state index in [1.165, 1.54) is 6.20 Å². The Hall–Kier alpha value is -4.37. The molecule has 3 aromatic carbocycles. The number of hydrazine groups is 1. The van der Waals surface area contributed by atoms with E-state index >= 15 is 0 Å². The average molecular weight is 475 g/mol. The smallest absolute Gasteiger partial charge is 0.288 e. The summed E-state index contributed by atoms with van der Waals surface area (Å²) in [6.07, 6.45) is 1.48. The molecule has 0 fully saturated rings. The van der Waals surface area contributed by atoms with Gasteiger partial charge in [0.2, 0.25) is 0 Å². The van der Waals surface area contributed by atoms with Gasteiger partial charge in [-0.2, -0.15) is 0 Å². The lowest BCUT2D eigenvalue weighted by Gasteiger charge is -2.11. The number of rotatable bonds is 8. The molecule has 0 aliphatic carbocycles. The number of hydrogen-bond donors (Lipinski definition) is 3. The van der Waals surface area contributed by atoms with Gasteiger partial charge in [-0.3, -0.25) is 25.0 Å². The molecule has 8 nitrogen and oxygen atoms in total. The summed E-state index contributed by atoms with van der Waals surface area (Å²) in [5, 5.41) is 0. The van der Waals surface area contributed by atoms with Crippen LogP contribution in [0, 0.1) is 4.77 Å². The molecule has 0 aliphatic rings. The summed E-state index contributed by atoms with van der Waals surface area (Å²) < 4.78 is 13.1. The second-order valence-corrected chi connectivity index (χ2v) is 7.57. The highest BCUT2D eigenvalue weighted by atomic mass is 32.1. The van der Waals surface area contributed by atoms with Gasteiger partial charge in [0.15, 0.2) is 11.4 Å². The predicted molar refractivity (Wildman–Crippen MR) is 129 cm³/mol. The van der Waals surface area contributed by atoms with E-state index in [0.29, 0.717) is 22.9 Å². The van der Waals surface area contributed by atoms with Crippen molar-refractivity contribution in [2.45, 2.75) is 6.61 Å². The van der Waals surface area contributed by atoms with Gasteiger partial charge in [-0.25, -0.2) is 0 Å². The zero-order chi connectivity index (χ0) is 23.8. The summed E-state index contributed by atoms with van der Waals surface area (Å²) in [6, 6.07) is 26.0. The molecule has 0 saturated carbocycles. The molecule has 34 heavy (non-hydrogen) atoms. The van der Waals surface area contributed by atoms with Gasteiger partial charge in [0.05, 0.1) is 0 Å². The van der Waals surface area contributed by atoms with Crippen LogP contribution in [0.2, 0.25) is 0 Å². The fraction of sp³-hybridized carbons (Fsp3) is 0.0800. The van der Waals surface area contributed by atoms with E-state index in [9.17, 15) is 9.59 Å². The molecule has 9 heteroatoms. The number of benzene rings is 3. The van der Waals surface area contributed by atoms with Gasteiger partial charge in [-0.15, -0.1) is 0 Å². The molecule has 1 aromatic heterocycles. The van der Waals surface area contributed by atoms with Crippen molar-refractivity contribution < 1.29 is 19.1 Å². The molecule has 0 unspecified atom stereocenters. The highest BCUT2D eigenvalue weighted by Crippen LogP contribution is 2.18. The summed E-state index contributed by atoms with van der Waals surface area (Å²) in [4.78, 5) is 27.5. The van der Waals surface area contributed by atoms with Gasteiger partial charge < -0.3 is 14.5 Å². The number of hydrogen-bond acceptors (Lipinski definition) is 5. The molecule has 0 saturated heterocycles. The van der Waals surface area contributed by atoms with Crippen molar-refractivity contribution in [1.29, 1.82) is 0 Å². The second kappa shape index (κ2) is 11.0. The molecular formula is C25H22N4O4S. The lowest BCUT2D eigenvalue weighted by atomic mass is 10.2. The molecule has 1 heterocycles. The summed E-state index contributed by atoms with van der Waals surface area (Å²) in [6.45, 7) is 0.185. The molecule has 3 N–H and O–H groups in total. The van der Waals surface area contributed by atoms with Gasteiger partial charge in [0.25, 0.3) is 11.8 Å². The van der Waals surface area contributed by atoms with Crippen LogP contribution in [0.15, 0.2) is 91.1 Å². The molecule has 0 aliphatic heterocycles. The standard InChI is InChI=1S/C25H22N4O4S/c30-23(17-33-21-13-11-20(12-14-21)32-16-18-7-3-1-4-8-18)27-28-24(31)22-15-26-25(34)29(22)19-9-5-2-6-10-19/h1-15H,16-17H2,(H,26,34)(H,27,30)(H,28,31). The third-order valence-corrected chi connectivity index (χ3v) is 5.08. The minimum absolute atomic E-state index is 0.253. The number of aromatic nitrogens is 2. The number of carbonyl (C=O) groups excluding carboxylic acids is 2. The van der Waals surface area contributed by atoms with Crippen molar-refractivity contribution in [3.05, 3.63) is 107 Å². The maximum absolute atomic E-state index is 12.6. The average Bonchev–Trinajstić information content (AvgIpc) is 3.28. The topological polar surface area (TPSA) is 97.4 Å². The Bertz CT molecular complexity index is 1300. The summed E-state index contributed by atoms with van der Waals surface area (Å²) in [5.41, 5.74) is 6.76. The molecular weight excluding hydrogens is 452 g/mol.